The third kappa shape index (κ3) is 5.26. The molecule has 0 heterocycles. The van der Waals surface area contributed by atoms with Crippen molar-refractivity contribution >= 4 is 0 Å². The molecule has 0 aliphatic carbocycles. The molecule has 0 fully saturated rings. The van der Waals surface area contributed by atoms with E-state index >= 15 is 0 Å². The Labute approximate surface area is 88.4 Å². The minimum atomic E-state index is 0.0647. The van der Waals surface area contributed by atoms with Gasteiger partial charge in [-0.2, -0.15) is 0 Å². The van der Waals surface area contributed by atoms with Crippen molar-refractivity contribution in [3.63, 3.8) is 0 Å². The molecule has 82 valence electrons. The molecular weight excluding hydrogens is 174 g/mol. The lowest BCUT2D eigenvalue weighted by atomic mass is 10.1. The van der Waals surface area contributed by atoms with Gasteiger partial charge in [-0.25, -0.2) is 0 Å². The smallest absolute Gasteiger partial charge is 0.0952 e. The molecule has 0 bridgehead atoms. The molecule has 2 nitrogen and oxygen atoms in total. The highest BCUT2D eigenvalue weighted by molar-refractivity contribution is 5.03. The quantitative estimate of drug-likeness (QED) is 0.602. The average Bonchev–Trinajstić information content (AvgIpc) is 2.19. The second-order valence-electron chi connectivity index (χ2n) is 3.38. The minimum absolute atomic E-state index is 0.0647. The van der Waals surface area contributed by atoms with Crippen LogP contribution in [-0.4, -0.2) is 25.3 Å². The van der Waals surface area contributed by atoms with Gasteiger partial charge in [0, 0.05) is 6.61 Å². The van der Waals surface area contributed by atoms with E-state index in [1.165, 1.54) is 0 Å². The van der Waals surface area contributed by atoms with E-state index in [0.29, 0.717) is 0 Å². The summed E-state index contributed by atoms with van der Waals surface area (Å²) in [5.74, 6) is 2.77. The third-order valence-electron chi connectivity index (χ3n) is 2.12. The van der Waals surface area contributed by atoms with E-state index in [4.69, 9.17) is 11.2 Å². The van der Waals surface area contributed by atoms with Crippen LogP contribution in [0.3, 0.4) is 0 Å². The van der Waals surface area contributed by atoms with Crippen molar-refractivity contribution in [1.29, 1.82) is 0 Å². The number of nitrogens with one attached hydrogen (secondary N) is 1. The average molecular weight is 197 g/mol. The first-order valence-corrected chi connectivity index (χ1v) is 5.61. The van der Waals surface area contributed by atoms with Gasteiger partial charge in [0.15, 0.2) is 0 Å². The second kappa shape index (κ2) is 9.05. The molecule has 2 heteroatoms. The van der Waals surface area contributed by atoms with Gasteiger partial charge in [-0.05, 0) is 26.3 Å². The van der Waals surface area contributed by atoms with Crippen LogP contribution < -0.4 is 5.32 Å². The third-order valence-corrected chi connectivity index (χ3v) is 2.12. The Hall–Kier alpha value is -0.520. The molecule has 0 saturated carbocycles. The van der Waals surface area contributed by atoms with Crippen molar-refractivity contribution < 1.29 is 4.74 Å². The number of ether oxygens (including phenoxy) is 1. The molecule has 0 aromatic rings. The fourth-order valence-corrected chi connectivity index (χ4v) is 1.44. The van der Waals surface area contributed by atoms with Crippen molar-refractivity contribution in [2.45, 2.75) is 52.2 Å². The molecule has 0 aromatic carbocycles. The van der Waals surface area contributed by atoms with Crippen LogP contribution in [-0.2, 0) is 4.74 Å². The molecular formula is C12H23NO. The topological polar surface area (TPSA) is 21.3 Å². The van der Waals surface area contributed by atoms with Gasteiger partial charge in [0.05, 0.1) is 12.1 Å². The molecule has 2 atom stereocenters. The summed E-state index contributed by atoms with van der Waals surface area (Å²) in [4.78, 5) is 0. The Kier molecular flexibility index (Phi) is 8.72. The number of hydrogen-bond donors (Lipinski definition) is 1. The van der Waals surface area contributed by atoms with Crippen molar-refractivity contribution in [2.75, 3.05) is 13.2 Å². The van der Waals surface area contributed by atoms with E-state index in [2.05, 4.69) is 25.1 Å². The number of rotatable bonds is 8. The Morgan fingerprint density at radius 1 is 1.29 bits per heavy atom. The van der Waals surface area contributed by atoms with E-state index in [1.54, 1.807) is 0 Å². The highest BCUT2D eigenvalue weighted by atomic mass is 16.5. The lowest BCUT2D eigenvalue weighted by molar-refractivity contribution is 0.0417. The summed E-state index contributed by atoms with van der Waals surface area (Å²) in [6.07, 6.45) is 8.89. The molecule has 0 aliphatic heterocycles. The van der Waals surface area contributed by atoms with Crippen LogP contribution in [0.15, 0.2) is 0 Å². The monoisotopic (exact) mass is 197 g/mol. The Bertz CT molecular complexity index is 156. The van der Waals surface area contributed by atoms with Gasteiger partial charge in [-0.1, -0.05) is 26.2 Å². The summed E-state index contributed by atoms with van der Waals surface area (Å²) in [5, 5.41) is 3.33. The van der Waals surface area contributed by atoms with Crippen LogP contribution in [0.5, 0.6) is 0 Å². The van der Waals surface area contributed by atoms with Crippen LogP contribution in [0.4, 0.5) is 0 Å². The fourth-order valence-electron chi connectivity index (χ4n) is 1.44. The van der Waals surface area contributed by atoms with Gasteiger partial charge in [-0.3, -0.25) is 0 Å². The Balaban J connectivity index is 4.05. The van der Waals surface area contributed by atoms with Crippen LogP contribution >= 0.6 is 0 Å². The lowest BCUT2D eigenvalue weighted by Crippen LogP contribution is -2.40. The van der Waals surface area contributed by atoms with Crippen LogP contribution in [0.25, 0.3) is 0 Å². The number of hydrogen-bond acceptors (Lipinski definition) is 2. The molecule has 14 heavy (non-hydrogen) atoms. The minimum Gasteiger partial charge on any atom is -0.376 e. The van der Waals surface area contributed by atoms with Crippen LogP contribution in [0.2, 0.25) is 0 Å². The Morgan fingerprint density at radius 3 is 2.43 bits per heavy atom. The lowest BCUT2D eigenvalue weighted by Gasteiger charge is -2.23. The molecule has 2 unspecified atom stereocenters. The van der Waals surface area contributed by atoms with Gasteiger partial charge in [-0.15, -0.1) is 6.42 Å². The molecule has 0 radical (unpaired) electrons. The fraction of sp³-hybridized carbons (Fsp3) is 0.833. The largest absolute Gasteiger partial charge is 0.376 e. The van der Waals surface area contributed by atoms with Crippen molar-refractivity contribution in [3.8, 4) is 12.3 Å². The summed E-state index contributed by atoms with van der Waals surface area (Å²) in [7, 11) is 0. The highest BCUT2D eigenvalue weighted by Crippen LogP contribution is 2.07. The molecule has 1 N–H and O–H groups in total. The predicted octanol–water partition coefficient (Wildman–Crippen LogP) is 2.19. The zero-order chi connectivity index (χ0) is 10.8. The van der Waals surface area contributed by atoms with Gasteiger partial charge in [0.25, 0.3) is 0 Å². The second-order valence-corrected chi connectivity index (χ2v) is 3.38. The van der Waals surface area contributed by atoms with Gasteiger partial charge < -0.3 is 10.1 Å². The summed E-state index contributed by atoms with van der Waals surface area (Å²) >= 11 is 0. The van der Waals surface area contributed by atoms with Crippen LogP contribution in [0.1, 0.15) is 40.0 Å². The molecule has 0 amide bonds. The SMILES string of the molecule is C#CC(NCCC)C(CCC)OCC. The maximum Gasteiger partial charge on any atom is 0.0952 e. The van der Waals surface area contributed by atoms with Crippen LogP contribution in [0, 0.1) is 12.3 Å². The van der Waals surface area contributed by atoms with Crippen molar-refractivity contribution in [1.82, 2.24) is 5.32 Å². The van der Waals surface area contributed by atoms with E-state index < -0.39 is 0 Å². The van der Waals surface area contributed by atoms with E-state index in [0.717, 1.165) is 32.4 Å². The summed E-state index contributed by atoms with van der Waals surface area (Å²) in [6, 6.07) is 0.0647. The first kappa shape index (κ1) is 13.5. The zero-order valence-electron chi connectivity index (χ0n) is 9.68. The molecule has 0 rings (SSSR count). The zero-order valence-corrected chi connectivity index (χ0v) is 9.68. The van der Waals surface area contributed by atoms with Crippen molar-refractivity contribution in [3.05, 3.63) is 0 Å². The van der Waals surface area contributed by atoms with E-state index in [9.17, 15) is 0 Å². The first-order valence-electron chi connectivity index (χ1n) is 5.61. The highest BCUT2D eigenvalue weighted by Gasteiger charge is 2.17. The first-order chi connectivity index (χ1) is 6.79. The number of terminal acetylenes is 1. The predicted molar refractivity (Wildman–Crippen MR) is 61.2 cm³/mol. The summed E-state index contributed by atoms with van der Waals surface area (Å²) in [6.45, 7) is 7.99. The van der Waals surface area contributed by atoms with E-state index in [-0.39, 0.29) is 12.1 Å². The molecule has 0 aliphatic rings. The molecule has 0 spiro atoms. The maximum atomic E-state index is 5.63. The Morgan fingerprint density at radius 2 is 2.00 bits per heavy atom. The molecule has 0 aromatic heterocycles. The van der Waals surface area contributed by atoms with E-state index in [1.807, 2.05) is 6.92 Å². The maximum absolute atomic E-state index is 5.63. The van der Waals surface area contributed by atoms with Gasteiger partial charge in [0.2, 0.25) is 0 Å². The molecule has 0 saturated heterocycles. The standard InChI is InChI=1S/C12H23NO/c1-5-9-12(14-8-4)11(7-3)13-10-6-2/h3,11-13H,5-6,8-10H2,1-2,4H3. The van der Waals surface area contributed by atoms with Gasteiger partial charge in [0.1, 0.15) is 0 Å². The summed E-state index contributed by atoms with van der Waals surface area (Å²) < 4.78 is 5.63. The normalized spacial score (nSPS) is 14.7. The van der Waals surface area contributed by atoms with Crippen molar-refractivity contribution in [2.24, 2.45) is 0 Å². The van der Waals surface area contributed by atoms with Gasteiger partial charge >= 0.3 is 0 Å². The summed E-state index contributed by atoms with van der Waals surface area (Å²) in [5.41, 5.74) is 0.